The molecule has 5 nitrogen and oxygen atoms in total. The van der Waals surface area contributed by atoms with E-state index in [1.807, 2.05) is 25.1 Å². The second kappa shape index (κ2) is 7.63. The third-order valence-electron chi connectivity index (χ3n) is 4.11. The van der Waals surface area contributed by atoms with Crippen LogP contribution in [-0.4, -0.2) is 26.4 Å². The van der Waals surface area contributed by atoms with Crippen LogP contribution in [0.25, 0.3) is 0 Å². The van der Waals surface area contributed by atoms with E-state index >= 15 is 0 Å². The maximum absolute atomic E-state index is 12.9. The monoisotopic (exact) mass is 380 g/mol. The Morgan fingerprint density at radius 1 is 0.889 bits per heavy atom. The highest BCUT2D eigenvalue weighted by Crippen LogP contribution is 2.22. The molecule has 6 heteroatoms. The van der Waals surface area contributed by atoms with Gasteiger partial charge in [0.2, 0.25) is 0 Å². The van der Waals surface area contributed by atoms with Crippen LogP contribution in [0.15, 0.2) is 88.2 Å². The number of sulfonamides is 1. The lowest BCUT2D eigenvalue weighted by Crippen LogP contribution is -2.28. The number of hydrogen-bond donors (Lipinski definition) is 1. The summed E-state index contributed by atoms with van der Waals surface area (Å²) in [7, 11) is -2.15. The van der Waals surface area contributed by atoms with Crippen LogP contribution in [-0.2, 0) is 10.0 Å². The maximum atomic E-state index is 12.9. The molecule has 3 rings (SSSR count). The minimum atomic E-state index is -3.89. The molecular formula is C21H20N2O3S. The van der Waals surface area contributed by atoms with Crippen molar-refractivity contribution >= 4 is 21.5 Å². The zero-order valence-corrected chi connectivity index (χ0v) is 15.9. The van der Waals surface area contributed by atoms with Crippen LogP contribution in [0.5, 0.6) is 5.75 Å². The summed E-state index contributed by atoms with van der Waals surface area (Å²) in [6, 6.07) is 22.2. The molecule has 0 aliphatic heterocycles. The van der Waals surface area contributed by atoms with E-state index in [-0.39, 0.29) is 10.6 Å². The molecule has 0 saturated carbocycles. The molecule has 0 spiro atoms. The van der Waals surface area contributed by atoms with E-state index in [2.05, 4.69) is 4.40 Å². The molecule has 3 aromatic rings. The van der Waals surface area contributed by atoms with Gasteiger partial charge in [0.05, 0.1) is 4.90 Å². The van der Waals surface area contributed by atoms with Crippen LogP contribution in [0.1, 0.15) is 11.1 Å². The second-order valence-electron chi connectivity index (χ2n) is 6.14. The largest absolute Gasteiger partial charge is 0.508 e. The van der Waals surface area contributed by atoms with Gasteiger partial charge in [-0.05, 0) is 43.3 Å². The molecule has 0 atom stereocenters. The van der Waals surface area contributed by atoms with Crippen LogP contribution in [0.3, 0.4) is 0 Å². The molecule has 0 unspecified atom stereocenters. The molecule has 3 aromatic carbocycles. The van der Waals surface area contributed by atoms with Gasteiger partial charge in [0.25, 0.3) is 10.0 Å². The van der Waals surface area contributed by atoms with Crippen molar-refractivity contribution in [2.24, 2.45) is 4.40 Å². The summed E-state index contributed by atoms with van der Waals surface area (Å²) >= 11 is 0. The summed E-state index contributed by atoms with van der Waals surface area (Å²) in [6.45, 7) is 1.90. The number of rotatable bonds is 4. The molecule has 0 radical (unpaired) electrons. The third-order valence-corrected chi connectivity index (χ3v) is 5.39. The van der Waals surface area contributed by atoms with Crippen molar-refractivity contribution in [3.8, 4) is 5.75 Å². The summed E-state index contributed by atoms with van der Waals surface area (Å²) in [6.07, 6.45) is 0. The number of aromatic hydroxyl groups is 1. The van der Waals surface area contributed by atoms with Crippen LogP contribution < -0.4 is 4.90 Å². The first-order valence-electron chi connectivity index (χ1n) is 8.37. The van der Waals surface area contributed by atoms with E-state index in [9.17, 15) is 13.5 Å². The summed E-state index contributed by atoms with van der Waals surface area (Å²) in [5, 5.41) is 9.51. The highest BCUT2D eigenvalue weighted by Gasteiger charge is 2.19. The molecule has 0 amide bonds. The van der Waals surface area contributed by atoms with Crippen LogP contribution >= 0.6 is 0 Å². The van der Waals surface area contributed by atoms with Crippen molar-refractivity contribution in [1.82, 2.24) is 0 Å². The van der Waals surface area contributed by atoms with Crippen molar-refractivity contribution in [2.45, 2.75) is 11.8 Å². The molecule has 1 N–H and O–H groups in total. The summed E-state index contributed by atoms with van der Waals surface area (Å²) in [4.78, 5) is 1.82. The SMILES string of the molecule is Cc1ccc(S(=O)(=O)N=C(c2ccccc2)N(C)c2ccc(O)cc2)cc1. The van der Waals surface area contributed by atoms with Gasteiger partial charge in [-0.2, -0.15) is 8.42 Å². The van der Waals surface area contributed by atoms with E-state index in [0.29, 0.717) is 17.1 Å². The van der Waals surface area contributed by atoms with Gasteiger partial charge in [-0.25, -0.2) is 0 Å². The van der Waals surface area contributed by atoms with Gasteiger partial charge in [0.15, 0.2) is 5.84 Å². The fourth-order valence-electron chi connectivity index (χ4n) is 2.57. The Balaban J connectivity index is 2.11. The van der Waals surface area contributed by atoms with Crippen molar-refractivity contribution in [1.29, 1.82) is 0 Å². The molecular weight excluding hydrogens is 360 g/mol. The average Bonchev–Trinajstić information content (AvgIpc) is 2.67. The van der Waals surface area contributed by atoms with E-state index in [0.717, 1.165) is 5.56 Å². The minimum absolute atomic E-state index is 0.137. The van der Waals surface area contributed by atoms with Gasteiger partial charge in [0.1, 0.15) is 5.75 Å². The van der Waals surface area contributed by atoms with E-state index in [1.54, 1.807) is 72.6 Å². The first-order chi connectivity index (χ1) is 12.9. The number of phenols is 1. The lowest BCUT2D eigenvalue weighted by molar-refractivity contribution is 0.475. The molecule has 0 aliphatic rings. The van der Waals surface area contributed by atoms with Crippen molar-refractivity contribution in [2.75, 3.05) is 11.9 Å². The van der Waals surface area contributed by atoms with Crippen LogP contribution in [0.4, 0.5) is 5.69 Å². The van der Waals surface area contributed by atoms with Gasteiger partial charge >= 0.3 is 0 Å². The number of nitrogens with zero attached hydrogens (tertiary/aromatic N) is 2. The Kier molecular flexibility index (Phi) is 5.28. The third kappa shape index (κ3) is 4.35. The number of anilines is 1. The average molecular weight is 380 g/mol. The number of aryl methyl sites for hydroxylation is 1. The van der Waals surface area contributed by atoms with E-state index < -0.39 is 10.0 Å². The number of hydrogen-bond acceptors (Lipinski definition) is 3. The Hall–Kier alpha value is -3.12. The Bertz CT molecular complexity index is 1040. The highest BCUT2D eigenvalue weighted by molar-refractivity contribution is 7.90. The lowest BCUT2D eigenvalue weighted by atomic mass is 10.2. The summed E-state index contributed by atoms with van der Waals surface area (Å²) in [5.41, 5.74) is 2.35. The first-order valence-corrected chi connectivity index (χ1v) is 9.81. The van der Waals surface area contributed by atoms with Crippen molar-refractivity contribution < 1.29 is 13.5 Å². The zero-order valence-electron chi connectivity index (χ0n) is 15.1. The minimum Gasteiger partial charge on any atom is -0.508 e. The fourth-order valence-corrected chi connectivity index (χ4v) is 3.61. The Morgan fingerprint density at radius 2 is 1.48 bits per heavy atom. The maximum Gasteiger partial charge on any atom is 0.284 e. The predicted octanol–water partition coefficient (Wildman–Crippen LogP) is 3.97. The van der Waals surface area contributed by atoms with Gasteiger partial charge in [-0.1, -0.05) is 48.0 Å². The smallest absolute Gasteiger partial charge is 0.284 e. The topological polar surface area (TPSA) is 70.0 Å². The fraction of sp³-hybridized carbons (Fsp3) is 0.0952. The molecule has 0 saturated heterocycles. The summed E-state index contributed by atoms with van der Waals surface area (Å²) < 4.78 is 29.9. The quantitative estimate of drug-likeness (QED) is 0.549. The van der Waals surface area contributed by atoms with Crippen LogP contribution in [0, 0.1) is 6.92 Å². The normalized spacial score (nSPS) is 12.0. The summed E-state index contributed by atoms with van der Waals surface area (Å²) in [5.74, 6) is 0.430. The highest BCUT2D eigenvalue weighted by atomic mass is 32.2. The number of phenolic OH excluding ortho intramolecular Hbond substituents is 1. The van der Waals surface area contributed by atoms with Gasteiger partial charge in [-0.3, -0.25) is 0 Å². The van der Waals surface area contributed by atoms with Gasteiger partial charge in [0, 0.05) is 18.3 Å². The molecule has 0 aliphatic carbocycles. The molecule has 0 bridgehead atoms. The lowest BCUT2D eigenvalue weighted by Gasteiger charge is -2.21. The molecule has 138 valence electrons. The molecule has 27 heavy (non-hydrogen) atoms. The number of benzene rings is 3. The van der Waals surface area contributed by atoms with E-state index in [1.165, 1.54) is 0 Å². The number of amidine groups is 1. The second-order valence-corrected chi connectivity index (χ2v) is 7.75. The standard InChI is InChI=1S/C21H20N2O3S/c1-16-8-14-20(15-9-16)27(25,26)22-21(17-6-4-3-5-7-17)23(2)18-10-12-19(24)13-11-18/h3-15,24H,1-2H3. The van der Waals surface area contributed by atoms with Gasteiger partial charge < -0.3 is 10.0 Å². The molecule has 0 fully saturated rings. The van der Waals surface area contributed by atoms with Crippen molar-refractivity contribution in [3.63, 3.8) is 0 Å². The van der Waals surface area contributed by atoms with E-state index in [4.69, 9.17) is 0 Å². The van der Waals surface area contributed by atoms with Crippen molar-refractivity contribution in [3.05, 3.63) is 90.0 Å². The van der Waals surface area contributed by atoms with Gasteiger partial charge in [-0.15, -0.1) is 4.40 Å². The van der Waals surface area contributed by atoms with Crippen LogP contribution in [0.2, 0.25) is 0 Å². The predicted molar refractivity (Wildman–Crippen MR) is 108 cm³/mol. The Labute approximate surface area is 159 Å². The molecule has 0 aromatic heterocycles. The first kappa shape index (κ1) is 18.7. The molecule has 0 heterocycles. The Morgan fingerprint density at radius 3 is 2.07 bits per heavy atom. The zero-order chi connectivity index (χ0) is 19.4.